The van der Waals surface area contributed by atoms with Crippen LogP contribution >= 0.6 is 23.4 Å². The largest absolute Gasteiger partial charge is 0.376 e. The van der Waals surface area contributed by atoms with Crippen LogP contribution in [0.3, 0.4) is 0 Å². The highest BCUT2D eigenvalue weighted by atomic mass is 35.5. The minimum absolute atomic E-state index is 0.104. The monoisotopic (exact) mass is 483 g/mol. The molecule has 2 aliphatic rings. The summed E-state index contributed by atoms with van der Waals surface area (Å²) < 4.78 is 5.83. The smallest absolute Gasteiger partial charge is 0.227 e. The van der Waals surface area contributed by atoms with Gasteiger partial charge in [-0.05, 0) is 49.7 Å². The van der Waals surface area contributed by atoms with Crippen molar-refractivity contribution in [3.8, 4) is 0 Å². The SMILES string of the molecule is C[C@@H]1OCC2(CCN(c3cnc(Sc4cccc(Nc5ncccn5)c4Cl)nc3)CC2)[C@H]1N. The highest BCUT2D eigenvalue weighted by molar-refractivity contribution is 7.99. The van der Waals surface area contributed by atoms with E-state index >= 15 is 0 Å². The van der Waals surface area contributed by atoms with Gasteiger partial charge in [-0.25, -0.2) is 19.9 Å². The minimum Gasteiger partial charge on any atom is -0.376 e. The van der Waals surface area contributed by atoms with Gasteiger partial charge in [-0.2, -0.15) is 0 Å². The molecule has 1 aromatic carbocycles. The van der Waals surface area contributed by atoms with Crippen LogP contribution in [0.25, 0.3) is 0 Å². The predicted octanol–water partition coefficient (Wildman–Crippen LogP) is 4.15. The van der Waals surface area contributed by atoms with Gasteiger partial charge in [0.2, 0.25) is 5.95 Å². The molecule has 8 nitrogen and oxygen atoms in total. The minimum atomic E-state index is 0.104. The first-order valence-electron chi connectivity index (χ1n) is 11.0. The summed E-state index contributed by atoms with van der Waals surface area (Å²) in [5.74, 6) is 0.491. The van der Waals surface area contributed by atoms with Gasteiger partial charge in [-0.3, -0.25) is 0 Å². The number of hydrogen-bond donors (Lipinski definition) is 2. The molecular formula is C23H26ClN7OS. The number of benzene rings is 1. The van der Waals surface area contributed by atoms with Crippen LogP contribution in [0.4, 0.5) is 17.3 Å². The zero-order valence-corrected chi connectivity index (χ0v) is 19.9. The van der Waals surface area contributed by atoms with Crippen molar-refractivity contribution in [1.82, 2.24) is 19.9 Å². The van der Waals surface area contributed by atoms with Crippen molar-refractivity contribution in [3.05, 3.63) is 54.1 Å². The Balaban J connectivity index is 1.23. The Kier molecular flexibility index (Phi) is 6.38. The molecule has 0 bridgehead atoms. The van der Waals surface area contributed by atoms with E-state index in [1.54, 1.807) is 18.5 Å². The van der Waals surface area contributed by atoms with Gasteiger partial charge in [0.25, 0.3) is 0 Å². The van der Waals surface area contributed by atoms with Gasteiger partial charge in [-0.15, -0.1) is 0 Å². The topological polar surface area (TPSA) is 102 Å². The molecular weight excluding hydrogens is 458 g/mol. The molecule has 172 valence electrons. The van der Waals surface area contributed by atoms with Crippen LogP contribution in [0.15, 0.2) is 59.1 Å². The van der Waals surface area contributed by atoms with Gasteiger partial charge in [0, 0.05) is 41.8 Å². The standard InChI is InChI=1S/C23H26ClN7OS/c1-15-20(25)23(14-32-15)6-10-31(11-7-23)16-12-28-22(29-13-16)33-18-5-2-4-17(19(18)24)30-21-26-8-3-9-27-21/h2-5,8-9,12-13,15,20H,6-7,10-11,14,25H2,1H3,(H,26,27,30)/t15-,20-/m0/s1. The van der Waals surface area contributed by atoms with Crippen LogP contribution in [-0.4, -0.2) is 51.8 Å². The lowest BCUT2D eigenvalue weighted by atomic mass is 9.73. The Morgan fingerprint density at radius 2 is 1.85 bits per heavy atom. The lowest BCUT2D eigenvalue weighted by Gasteiger charge is -2.41. The van der Waals surface area contributed by atoms with Crippen molar-refractivity contribution in [2.75, 3.05) is 29.9 Å². The summed E-state index contributed by atoms with van der Waals surface area (Å²) in [5, 5.41) is 4.36. The van der Waals surface area contributed by atoms with Gasteiger partial charge in [-0.1, -0.05) is 17.7 Å². The van der Waals surface area contributed by atoms with Gasteiger partial charge < -0.3 is 20.7 Å². The zero-order valence-electron chi connectivity index (χ0n) is 18.3. The van der Waals surface area contributed by atoms with Crippen LogP contribution in [-0.2, 0) is 4.74 Å². The number of piperidine rings is 1. The Hall–Kier alpha value is -2.46. The number of rotatable bonds is 5. The summed E-state index contributed by atoms with van der Waals surface area (Å²) in [7, 11) is 0. The van der Waals surface area contributed by atoms with Crippen LogP contribution in [0, 0.1) is 5.41 Å². The molecule has 33 heavy (non-hydrogen) atoms. The van der Waals surface area contributed by atoms with E-state index in [2.05, 4.69) is 37.1 Å². The molecule has 1 spiro atoms. The van der Waals surface area contributed by atoms with Crippen LogP contribution in [0.5, 0.6) is 0 Å². The summed E-state index contributed by atoms with van der Waals surface area (Å²) in [6.07, 6.45) is 9.30. The van der Waals surface area contributed by atoms with E-state index in [4.69, 9.17) is 22.1 Å². The number of anilines is 3. The van der Waals surface area contributed by atoms with Crippen LogP contribution < -0.4 is 16.0 Å². The number of aromatic nitrogens is 4. The van der Waals surface area contributed by atoms with E-state index in [1.807, 2.05) is 30.6 Å². The number of hydrogen-bond acceptors (Lipinski definition) is 9. The van der Waals surface area contributed by atoms with E-state index in [0.717, 1.165) is 48.8 Å². The highest BCUT2D eigenvalue weighted by Crippen LogP contribution is 2.42. The Bertz CT molecular complexity index is 1090. The fourth-order valence-electron chi connectivity index (χ4n) is 4.48. The van der Waals surface area contributed by atoms with Crippen molar-refractivity contribution in [2.24, 2.45) is 11.1 Å². The van der Waals surface area contributed by atoms with Gasteiger partial charge in [0.1, 0.15) is 0 Å². The number of nitrogens with zero attached hydrogens (tertiary/aromatic N) is 5. The molecule has 2 aliphatic heterocycles. The summed E-state index contributed by atoms with van der Waals surface area (Å²) in [6, 6.07) is 7.63. The molecule has 2 aromatic heterocycles. The third-order valence-corrected chi connectivity index (χ3v) is 8.03. The first kappa shape index (κ1) is 22.3. The molecule has 0 aliphatic carbocycles. The molecule has 10 heteroatoms. The third kappa shape index (κ3) is 4.63. The van der Waals surface area contributed by atoms with Crippen molar-refractivity contribution in [3.63, 3.8) is 0 Å². The summed E-state index contributed by atoms with van der Waals surface area (Å²) in [5.41, 5.74) is 8.30. The molecule has 0 radical (unpaired) electrons. The van der Waals surface area contributed by atoms with E-state index in [0.29, 0.717) is 16.1 Å². The molecule has 0 unspecified atom stereocenters. The highest BCUT2D eigenvalue weighted by Gasteiger charge is 2.47. The average Bonchev–Trinajstić information content (AvgIpc) is 3.12. The molecule has 5 rings (SSSR count). The number of halogens is 1. The van der Waals surface area contributed by atoms with E-state index in [1.165, 1.54) is 11.8 Å². The first-order chi connectivity index (χ1) is 16.0. The first-order valence-corrected chi connectivity index (χ1v) is 12.2. The Morgan fingerprint density at radius 3 is 2.52 bits per heavy atom. The molecule has 0 amide bonds. The lowest BCUT2D eigenvalue weighted by molar-refractivity contribution is 0.0974. The predicted molar refractivity (Wildman–Crippen MR) is 130 cm³/mol. The maximum atomic E-state index is 6.62. The number of nitrogens with two attached hydrogens (primary N) is 1. The van der Waals surface area contributed by atoms with Gasteiger partial charge >= 0.3 is 0 Å². The molecule has 3 N–H and O–H groups in total. The summed E-state index contributed by atoms with van der Waals surface area (Å²) in [6.45, 7) is 4.70. The molecule has 2 fully saturated rings. The van der Waals surface area contributed by atoms with Crippen LogP contribution in [0.1, 0.15) is 19.8 Å². The fraction of sp³-hybridized carbons (Fsp3) is 0.391. The molecule has 2 saturated heterocycles. The van der Waals surface area contributed by atoms with Crippen molar-refractivity contribution < 1.29 is 4.74 Å². The molecule has 2 atom stereocenters. The van der Waals surface area contributed by atoms with Crippen molar-refractivity contribution in [1.29, 1.82) is 0 Å². The molecule has 0 saturated carbocycles. The molecule has 3 aromatic rings. The number of ether oxygens (including phenoxy) is 1. The van der Waals surface area contributed by atoms with Gasteiger partial charge in [0.15, 0.2) is 5.16 Å². The maximum absolute atomic E-state index is 6.62. The van der Waals surface area contributed by atoms with Gasteiger partial charge in [0.05, 0.1) is 41.5 Å². The number of nitrogens with one attached hydrogen (secondary N) is 1. The Morgan fingerprint density at radius 1 is 1.12 bits per heavy atom. The quantitative estimate of drug-likeness (QED) is 0.518. The second-order valence-electron chi connectivity index (χ2n) is 8.53. The average molecular weight is 484 g/mol. The van der Waals surface area contributed by atoms with Crippen molar-refractivity contribution in [2.45, 2.75) is 42.0 Å². The maximum Gasteiger partial charge on any atom is 0.227 e. The van der Waals surface area contributed by atoms with E-state index in [-0.39, 0.29) is 17.6 Å². The normalized spacial score (nSPS) is 22.0. The fourth-order valence-corrected chi connectivity index (χ4v) is 5.52. The zero-order chi connectivity index (χ0) is 22.8. The summed E-state index contributed by atoms with van der Waals surface area (Å²) >= 11 is 8.04. The lowest BCUT2D eigenvalue weighted by Crippen LogP contribution is -2.50. The summed E-state index contributed by atoms with van der Waals surface area (Å²) in [4.78, 5) is 20.7. The van der Waals surface area contributed by atoms with E-state index in [9.17, 15) is 0 Å². The third-order valence-electron chi connectivity index (χ3n) is 6.56. The van der Waals surface area contributed by atoms with E-state index < -0.39 is 0 Å². The molecule has 4 heterocycles. The van der Waals surface area contributed by atoms with Crippen molar-refractivity contribution >= 4 is 40.7 Å². The second kappa shape index (κ2) is 9.42. The van der Waals surface area contributed by atoms with Crippen LogP contribution in [0.2, 0.25) is 5.02 Å². The second-order valence-corrected chi connectivity index (χ2v) is 9.92. The Labute approximate surface area is 202 Å².